The van der Waals surface area contributed by atoms with E-state index >= 15 is 0 Å². The molecule has 1 saturated carbocycles. The second kappa shape index (κ2) is 6.48. The Kier molecular flexibility index (Phi) is 4.04. The van der Waals surface area contributed by atoms with Gasteiger partial charge in [-0.15, -0.1) is 10.2 Å². The number of nitrogens with zero attached hydrogens (tertiary/aromatic N) is 6. The zero-order valence-corrected chi connectivity index (χ0v) is 13.4. The average Bonchev–Trinajstić information content (AvgIpc) is 3.16. The predicted octanol–water partition coefficient (Wildman–Crippen LogP) is 2.41. The van der Waals surface area contributed by atoms with Crippen molar-refractivity contribution < 1.29 is 8.94 Å². The summed E-state index contributed by atoms with van der Waals surface area (Å²) >= 11 is 0. The molecule has 0 amide bonds. The van der Waals surface area contributed by atoms with Crippen LogP contribution in [-0.2, 0) is 13.1 Å². The highest BCUT2D eigenvalue weighted by atomic mass is 16.5. The highest BCUT2D eigenvalue weighted by molar-refractivity contribution is 5.49. The lowest BCUT2D eigenvalue weighted by Crippen LogP contribution is -2.18. The summed E-state index contributed by atoms with van der Waals surface area (Å²) in [7, 11) is 1.95. The van der Waals surface area contributed by atoms with Crippen LogP contribution in [0.2, 0.25) is 0 Å². The van der Waals surface area contributed by atoms with Crippen molar-refractivity contribution in [2.75, 3.05) is 7.05 Å². The Morgan fingerprint density at radius 3 is 2.92 bits per heavy atom. The third-order valence-electron chi connectivity index (χ3n) is 4.13. The summed E-state index contributed by atoms with van der Waals surface area (Å²) in [5, 5.41) is 12.2. The molecule has 0 spiro atoms. The summed E-state index contributed by atoms with van der Waals surface area (Å²) in [5.41, 5.74) is 0.808. The van der Waals surface area contributed by atoms with Gasteiger partial charge in [0, 0.05) is 18.3 Å². The summed E-state index contributed by atoms with van der Waals surface area (Å²) in [6, 6.07) is 3.72. The maximum Gasteiger partial charge on any atom is 0.249 e. The number of hydrogen-bond donors (Lipinski definition) is 0. The normalized spacial score (nSPS) is 14.9. The van der Waals surface area contributed by atoms with E-state index in [1.165, 1.54) is 6.42 Å². The van der Waals surface area contributed by atoms with Gasteiger partial charge < -0.3 is 8.94 Å². The van der Waals surface area contributed by atoms with Crippen molar-refractivity contribution in [2.24, 2.45) is 0 Å². The SMILES string of the molecule is CN(Cc1noc(C2CCC2)n1)Cc1nnc(-c2cccnc2)o1. The van der Waals surface area contributed by atoms with E-state index in [1.54, 1.807) is 12.4 Å². The van der Waals surface area contributed by atoms with Crippen LogP contribution in [0.1, 0.15) is 42.8 Å². The van der Waals surface area contributed by atoms with Gasteiger partial charge in [-0.2, -0.15) is 4.98 Å². The molecule has 8 heteroatoms. The van der Waals surface area contributed by atoms with Gasteiger partial charge in [0.1, 0.15) is 0 Å². The van der Waals surface area contributed by atoms with Crippen LogP contribution in [0.15, 0.2) is 33.5 Å². The predicted molar refractivity (Wildman–Crippen MR) is 83.6 cm³/mol. The van der Waals surface area contributed by atoms with Crippen molar-refractivity contribution in [3.8, 4) is 11.5 Å². The zero-order valence-electron chi connectivity index (χ0n) is 13.4. The van der Waals surface area contributed by atoms with Gasteiger partial charge in [0.15, 0.2) is 5.82 Å². The number of rotatable bonds is 6. The van der Waals surface area contributed by atoms with Crippen LogP contribution in [0, 0.1) is 0 Å². The number of pyridine rings is 1. The molecule has 8 nitrogen and oxygen atoms in total. The molecule has 4 rings (SSSR count). The summed E-state index contributed by atoms with van der Waals surface area (Å²) in [5.74, 6) is 2.92. The van der Waals surface area contributed by atoms with E-state index in [2.05, 4.69) is 25.3 Å². The second-order valence-electron chi connectivity index (χ2n) is 6.09. The van der Waals surface area contributed by atoms with E-state index in [-0.39, 0.29) is 0 Å². The van der Waals surface area contributed by atoms with Crippen molar-refractivity contribution in [3.63, 3.8) is 0 Å². The molecule has 0 aromatic carbocycles. The number of aromatic nitrogens is 5. The van der Waals surface area contributed by atoms with Gasteiger partial charge >= 0.3 is 0 Å². The Bertz CT molecular complexity index is 796. The third-order valence-corrected chi connectivity index (χ3v) is 4.13. The number of hydrogen-bond acceptors (Lipinski definition) is 8. The van der Waals surface area contributed by atoms with Crippen LogP contribution in [-0.4, -0.2) is 37.3 Å². The van der Waals surface area contributed by atoms with E-state index in [1.807, 2.05) is 24.1 Å². The van der Waals surface area contributed by atoms with Crippen LogP contribution in [0.25, 0.3) is 11.5 Å². The molecule has 3 heterocycles. The van der Waals surface area contributed by atoms with Gasteiger partial charge in [-0.25, -0.2) is 0 Å². The molecule has 3 aromatic heterocycles. The lowest BCUT2D eigenvalue weighted by atomic mass is 9.85. The highest BCUT2D eigenvalue weighted by Gasteiger charge is 2.25. The summed E-state index contributed by atoms with van der Waals surface area (Å²) in [6.07, 6.45) is 6.95. The molecule has 0 saturated heterocycles. The Hall–Kier alpha value is -2.61. The van der Waals surface area contributed by atoms with Crippen molar-refractivity contribution in [2.45, 2.75) is 38.3 Å². The molecule has 1 aliphatic carbocycles. The Labute approximate surface area is 138 Å². The maximum absolute atomic E-state index is 5.68. The van der Waals surface area contributed by atoms with Crippen LogP contribution < -0.4 is 0 Å². The first kappa shape index (κ1) is 14.9. The summed E-state index contributed by atoms with van der Waals surface area (Å²) < 4.78 is 11.0. The molecule has 0 bridgehead atoms. The molecule has 3 aromatic rings. The van der Waals surface area contributed by atoms with Gasteiger partial charge in [-0.1, -0.05) is 11.6 Å². The Balaban J connectivity index is 1.36. The van der Waals surface area contributed by atoms with E-state index in [0.29, 0.717) is 36.6 Å². The molecule has 0 N–H and O–H groups in total. The fourth-order valence-electron chi connectivity index (χ4n) is 2.60. The molecule has 1 fully saturated rings. The zero-order chi connectivity index (χ0) is 16.4. The van der Waals surface area contributed by atoms with E-state index in [4.69, 9.17) is 8.94 Å². The molecule has 24 heavy (non-hydrogen) atoms. The minimum atomic E-state index is 0.453. The third kappa shape index (κ3) is 3.18. The first-order valence-electron chi connectivity index (χ1n) is 8.02. The first-order chi connectivity index (χ1) is 11.8. The largest absolute Gasteiger partial charge is 0.419 e. The smallest absolute Gasteiger partial charge is 0.249 e. The molecule has 0 radical (unpaired) electrons. The second-order valence-corrected chi connectivity index (χ2v) is 6.09. The van der Waals surface area contributed by atoms with Crippen molar-refractivity contribution >= 4 is 0 Å². The quantitative estimate of drug-likeness (QED) is 0.681. The lowest BCUT2D eigenvalue weighted by Gasteiger charge is -2.20. The van der Waals surface area contributed by atoms with Gasteiger partial charge in [-0.05, 0) is 32.0 Å². The van der Waals surface area contributed by atoms with Gasteiger partial charge in [0.25, 0.3) is 0 Å². The Morgan fingerprint density at radius 1 is 1.25 bits per heavy atom. The molecule has 1 aliphatic rings. The van der Waals surface area contributed by atoms with Crippen molar-refractivity contribution in [3.05, 3.63) is 42.1 Å². The fourth-order valence-corrected chi connectivity index (χ4v) is 2.60. The van der Waals surface area contributed by atoms with E-state index in [0.717, 1.165) is 24.3 Å². The fraction of sp³-hybridized carbons (Fsp3) is 0.438. The van der Waals surface area contributed by atoms with Crippen molar-refractivity contribution in [1.82, 2.24) is 30.2 Å². The van der Waals surface area contributed by atoms with Crippen LogP contribution in [0.3, 0.4) is 0 Å². The molecular formula is C16H18N6O2. The van der Waals surface area contributed by atoms with E-state index < -0.39 is 0 Å². The Morgan fingerprint density at radius 2 is 2.17 bits per heavy atom. The molecule has 0 atom stereocenters. The van der Waals surface area contributed by atoms with Crippen LogP contribution in [0.5, 0.6) is 0 Å². The molecule has 0 unspecified atom stereocenters. The lowest BCUT2D eigenvalue weighted by molar-refractivity contribution is 0.266. The standard InChI is InChI=1S/C16H18N6O2/c1-22(9-13-18-15(24-21-13)11-4-2-5-11)10-14-19-20-16(23-14)12-6-3-7-17-8-12/h3,6-8,11H,2,4-5,9-10H2,1H3. The van der Waals surface area contributed by atoms with Gasteiger partial charge in [0.05, 0.1) is 18.7 Å². The first-order valence-corrected chi connectivity index (χ1v) is 8.02. The average molecular weight is 326 g/mol. The summed E-state index contributed by atoms with van der Waals surface area (Å²) in [6.45, 7) is 1.08. The molecular weight excluding hydrogens is 308 g/mol. The minimum Gasteiger partial charge on any atom is -0.419 e. The van der Waals surface area contributed by atoms with Gasteiger partial charge in [-0.3, -0.25) is 9.88 Å². The monoisotopic (exact) mass is 326 g/mol. The maximum atomic E-state index is 5.68. The minimum absolute atomic E-state index is 0.453. The van der Waals surface area contributed by atoms with Crippen LogP contribution in [0.4, 0.5) is 0 Å². The van der Waals surface area contributed by atoms with Gasteiger partial charge in [0.2, 0.25) is 17.7 Å². The molecule has 124 valence electrons. The topological polar surface area (TPSA) is 94.0 Å². The highest BCUT2D eigenvalue weighted by Crippen LogP contribution is 2.35. The van der Waals surface area contributed by atoms with Crippen LogP contribution >= 0.6 is 0 Å². The summed E-state index contributed by atoms with van der Waals surface area (Å²) in [4.78, 5) is 10.5. The molecule has 0 aliphatic heterocycles. The van der Waals surface area contributed by atoms with E-state index in [9.17, 15) is 0 Å². The van der Waals surface area contributed by atoms with Crippen molar-refractivity contribution in [1.29, 1.82) is 0 Å².